The number of carbonyl (C=O) groups is 1. The van der Waals surface area contributed by atoms with Crippen molar-refractivity contribution in [2.75, 3.05) is 12.3 Å². The molecule has 0 fully saturated rings. The van der Waals surface area contributed by atoms with Gasteiger partial charge in [0.15, 0.2) is 5.03 Å². The normalized spacial score (nSPS) is 12.9. The summed E-state index contributed by atoms with van der Waals surface area (Å²) in [5.41, 5.74) is 17.1. The van der Waals surface area contributed by atoms with Gasteiger partial charge in [0.25, 0.3) is 5.96 Å². The summed E-state index contributed by atoms with van der Waals surface area (Å²) in [6, 6.07) is 6.56. The first-order chi connectivity index (χ1) is 16.3. The molecule has 0 aliphatic carbocycles. The van der Waals surface area contributed by atoms with Crippen LogP contribution in [0.4, 0.5) is 5.69 Å². The Bertz CT molecular complexity index is 1200. The number of hydrazone groups is 1. The minimum absolute atomic E-state index is 0.0103. The van der Waals surface area contributed by atoms with E-state index in [0.717, 1.165) is 16.4 Å². The summed E-state index contributed by atoms with van der Waals surface area (Å²) < 4.78 is 28.1. The molecule has 8 N–H and O–H groups in total. The Morgan fingerprint density at radius 1 is 1.20 bits per heavy atom. The van der Waals surface area contributed by atoms with Crippen LogP contribution in [0.5, 0.6) is 5.75 Å². The van der Waals surface area contributed by atoms with Gasteiger partial charge in [0.1, 0.15) is 16.9 Å². The van der Waals surface area contributed by atoms with Gasteiger partial charge in [0, 0.05) is 13.1 Å². The first-order valence-corrected chi connectivity index (χ1v) is 12.1. The number of nitrogens with two attached hydrogens (primary N) is 3. The van der Waals surface area contributed by atoms with E-state index >= 15 is 0 Å². The van der Waals surface area contributed by atoms with Crippen molar-refractivity contribution in [3.8, 4) is 5.75 Å². The number of sulfonamides is 1. The molecule has 2 rings (SSSR count). The Morgan fingerprint density at radius 2 is 1.77 bits per heavy atom. The number of hydrogen-bond donors (Lipinski definition) is 5. The highest BCUT2D eigenvalue weighted by molar-refractivity contribution is 7.89. The second kappa shape index (κ2) is 11.9. The zero-order valence-electron chi connectivity index (χ0n) is 18.1. The molecule has 0 heterocycles. The van der Waals surface area contributed by atoms with E-state index in [9.17, 15) is 28.4 Å². The van der Waals surface area contributed by atoms with Gasteiger partial charge in [-0.3, -0.25) is 4.79 Å². The van der Waals surface area contributed by atoms with Crippen LogP contribution in [0.15, 0.2) is 46.4 Å². The van der Waals surface area contributed by atoms with Gasteiger partial charge >= 0.3 is 0 Å². The maximum absolute atomic E-state index is 13.6. The second-order valence-corrected chi connectivity index (χ2v) is 9.93. The van der Waals surface area contributed by atoms with E-state index in [4.69, 9.17) is 40.4 Å². The van der Waals surface area contributed by atoms with Crippen molar-refractivity contribution in [1.82, 2.24) is 9.62 Å². The van der Waals surface area contributed by atoms with Crippen molar-refractivity contribution in [2.24, 2.45) is 16.6 Å². The molecule has 0 saturated heterocycles. The number of aromatic hydroxyl groups is 1. The minimum atomic E-state index is -4.40. The predicted molar refractivity (Wildman–Crippen MR) is 131 cm³/mol. The molecule has 0 bridgehead atoms. The second-order valence-electron chi connectivity index (χ2n) is 7.23. The largest absolute Gasteiger partial charge is 0.508 e. The van der Waals surface area contributed by atoms with Crippen molar-refractivity contribution in [3.63, 3.8) is 0 Å². The summed E-state index contributed by atoms with van der Waals surface area (Å²) in [4.78, 5) is 22.4. The van der Waals surface area contributed by atoms with Crippen LogP contribution in [-0.2, 0) is 21.4 Å². The molecular formula is C19H23Cl2N7O6S. The van der Waals surface area contributed by atoms with Crippen LogP contribution < -0.4 is 22.5 Å². The number of nitrogen functional groups attached to an aromatic ring is 1. The average Bonchev–Trinajstić information content (AvgIpc) is 2.76. The van der Waals surface area contributed by atoms with Gasteiger partial charge in [-0.05, 0) is 42.7 Å². The summed E-state index contributed by atoms with van der Waals surface area (Å²) in [6.45, 7) is -0.242. The van der Waals surface area contributed by atoms with E-state index in [-0.39, 0.29) is 52.3 Å². The summed E-state index contributed by atoms with van der Waals surface area (Å²) >= 11 is 12.1. The van der Waals surface area contributed by atoms with Crippen LogP contribution in [0.25, 0.3) is 0 Å². The number of nitro groups is 1. The Morgan fingerprint density at radius 3 is 2.29 bits per heavy atom. The van der Waals surface area contributed by atoms with Crippen molar-refractivity contribution in [1.29, 1.82) is 0 Å². The molecule has 0 radical (unpaired) electrons. The number of amides is 1. The molecule has 0 aliphatic rings. The average molecular weight is 548 g/mol. The first kappa shape index (κ1) is 27.9. The number of phenols is 1. The van der Waals surface area contributed by atoms with Crippen LogP contribution in [0.1, 0.15) is 18.4 Å². The predicted octanol–water partition coefficient (Wildman–Crippen LogP) is 1.20. The van der Waals surface area contributed by atoms with Gasteiger partial charge in [0.2, 0.25) is 15.9 Å². The molecule has 2 aromatic carbocycles. The molecular weight excluding hydrogens is 525 g/mol. The van der Waals surface area contributed by atoms with Gasteiger partial charge in [-0.25, -0.2) is 18.5 Å². The van der Waals surface area contributed by atoms with Crippen LogP contribution in [0, 0.1) is 10.1 Å². The van der Waals surface area contributed by atoms with Gasteiger partial charge in [-0.15, -0.1) is 0 Å². The Kier molecular flexibility index (Phi) is 9.47. The number of rotatable bonds is 11. The maximum Gasteiger partial charge on any atom is 0.266 e. The number of hydrogen-bond acceptors (Lipinski definition) is 7. The highest BCUT2D eigenvalue weighted by Crippen LogP contribution is 2.33. The lowest BCUT2D eigenvalue weighted by atomic mass is 10.1. The van der Waals surface area contributed by atoms with Crippen LogP contribution >= 0.6 is 23.2 Å². The minimum Gasteiger partial charge on any atom is -0.508 e. The number of anilines is 1. The standard InChI is InChI=1S/C19H23Cl2N7O6S/c20-14-8-13(9-15(21)17(14)22)35(33,34)27(10-11-3-5-12(29)6-4-11)16(18(23)30)2-1-7-25-19(24)26-28(31)32/h3-6,8-9,16,29H,1-2,7,10,22H2,(H2,23,30)(H3,24,25,26)/t16-/m1/s1. The topological polar surface area (TPSA) is 220 Å². The Labute approximate surface area is 210 Å². The first-order valence-electron chi connectivity index (χ1n) is 9.89. The van der Waals surface area contributed by atoms with E-state index in [1.807, 2.05) is 0 Å². The number of phenolic OH excluding ortho intramolecular Hbond substituents is 1. The number of benzene rings is 2. The van der Waals surface area contributed by atoms with Gasteiger partial charge < -0.3 is 27.6 Å². The van der Waals surface area contributed by atoms with Crippen LogP contribution in [0.3, 0.4) is 0 Å². The molecule has 1 amide bonds. The Balaban J connectivity index is 2.41. The molecule has 0 spiro atoms. The summed E-state index contributed by atoms with van der Waals surface area (Å²) in [6.07, 6.45) is 0.0776. The van der Waals surface area contributed by atoms with Gasteiger partial charge in [-0.2, -0.15) is 4.31 Å². The van der Waals surface area contributed by atoms with Crippen LogP contribution in [0.2, 0.25) is 10.0 Å². The number of carbonyl (C=O) groups excluding carboxylic acids is 1. The quantitative estimate of drug-likeness (QED) is 0.0679. The zero-order chi connectivity index (χ0) is 26.3. The fourth-order valence-electron chi connectivity index (χ4n) is 3.05. The molecule has 2 aromatic rings. The molecule has 0 aliphatic heterocycles. The number of nitrogens with one attached hydrogen (secondary N) is 1. The number of guanidine groups is 1. The van der Waals surface area contributed by atoms with Crippen molar-refractivity contribution in [3.05, 3.63) is 62.1 Å². The molecule has 0 aromatic heterocycles. The molecule has 13 nitrogen and oxygen atoms in total. The molecule has 1 atom stereocenters. The van der Waals surface area contributed by atoms with E-state index in [1.54, 1.807) is 0 Å². The molecule has 0 unspecified atom stereocenters. The highest BCUT2D eigenvalue weighted by Gasteiger charge is 2.35. The summed E-state index contributed by atoms with van der Waals surface area (Å²) in [5, 5.41) is 24.1. The van der Waals surface area contributed by atoms with Crippen molar-refractivity contribution < 1.29 is 23.4 Å². The van der Waals surface area contributed by atoms with E-state index in [0.29, 0.717) is 5.56 Å². The van der Waals surface area contributed by atoms with Crippen LogP contribution in [-0.4, -0.2) is 47.3 Å². The fraction of sp³-hybridized carbons (Fsp3) is 0.263. The number of nitrogens with zero attached hydrogens (tertiary/aromatic N) is 3. The van der Waals surface area contributed by atoms with Crippen molar-refractivity contribution in [2.45, 2.75) is 30.3 Å². The number of halogens is 2. The third-order valence-corrected chi connectivity index (χ3v) is 7.22. The lowest BCUT2D eigenvalue weighted by Gasteiger charge is -2.29. The smallest absolute Gasteiger partial charge is 0.266 e. The fourth-order valence-corrected chi connectivity index (χ4v) is 5.34. The third kappa shape index (κ3) is 7.58. The van der Waals surface area contributed by atoms with Gasteiger partial charge in [0.05, 0.1) is 20.6 Å². The highest BCUT2D eigenvalue weighted by atomic mass is 35.5. The molecule has 0 saturated carbocycles. The monoisotopic (exact) mass is 547 g/mol. The summed E-state index contributed by atoms with van der Waals surface area (Å²) in [5.74, 6) is -1.43. The summed E-state index contributed by atoms with van der Waals surface area (Å²) in [7, 11) is -4.40. The third-order valence-electron chi connectivity index (χ3n) is 4.76. The van der Waals surface area contributed by atoms with Gasteiger partial charge in [-0.1, -0.05) is 35.3 Å². The maximum atomic E-state index is 13.6. The SMILES string of the molecule is NC(=O)[C@@H](CCCNC(N)=N[N+](=O)[O-])N(Cc1ccc(O)cc1)S(=O)(=O)c1cc(Cl)c(N)c(Cl)c1. The Hall–Kier alpha value is -3.33. The van der Waals surface area contributed by atoms with E-state index in [1.165, 1.54) is 24.3 Å². The lowest BCUT2D eigenvalue weighted by Crippen LogP contribution is -2.47. The number of primary amides is 1. The van der Waals surface area contributed by atoms with E-state index < -0.39 is 33.0 Å². The molecule has 190 valence electrons. The lowest BCUT2D eigenvalue weighted by molar-refractivity contribution is -0.485. The molecule has 16 heteroatoms. The molecule has 35 heavy (non-hydrogen) atoms. The van der Waals surface area contributed by atoms with E-state index in [2.05, 4.69) is 10.4 Å². The zero-order valence-corrected chi connectivity index (χ0v) is 20.4. The van der Waals surface area contributed by atoms with Crippen molar-refractivity contribution >= 4 is 50.8 Å².